The number of pyridine rings is 1. The standard InChI is InChI=1S/C14H16N6/c1-11(10-15)19-6-8-20(9-7-19)13-3-2-12-14(18-13)17-5-4-16-12/h2-5,11H,6-9H2,1H3. The molecule has 1 aliphatic heterocycles. The van der Waals surface area contributed by atoms with Gasteiger partial charge < -0.3 is 4.90 Å². The molecule has 0 aliphatic carbocycles. The zero-order chi connectivity index (χ0) is 13.9. The van der Waals surface area contributed by atoms with Gasteiger partial charge >= 0.3 is 0 Å². The van der Waals surface area contributed by atoms with Gasteiger partial charge in [-0.1, -0.05) is 0 Å². The van der Waals surface area contributed by atoms with Crippen LogP contribution >= 0.6 is 0 Å². The summed E-state index contributed by atoms with van der Waals surface area (Å²) in [6.45, 7) is 5.47. The highest BCUT2D eigenvalue weighted by Gasteiger charge is 2.21. The number of nitrogens with zero attached hydrogens (tertiary/aromatic N) is 6. The van der Waals surface area contributed by atoms with E-state index in [4.69, 9.17) is 5.26 Å². The Morgan fingerprint density at radius 2 is 1.90 bits per heavy atom. The Hall–Kier alpha value is -2.26. The van der Waals surface area contributed by atoms with Gasteiger partial charge in [0.25, 0.3) is 0 Å². The van der Waals surface area contributed by atoms with Crippen molar-refractivity contribution in [3.05, 3.63) is 24.5 Å². The van der Waals surface area contributed by atoms with Gasteiger partial charge in [-0.05, 0) is 19.1 Å². The van der Waals surface area contributed by atoms with Crippen molar-refractivity contribution >= 4 is 17.0 Å². The van der Waals surface area contributed by atoms with Crippen molar-refractivity contribution in [3.63, 3.8) is 0 Å². The molecule has 0 amide bonds. The SMILES string of the molecule is CC(C#N)N1CCN(c2ccc3nccnc3n2)CC1. The van der Waals surface area contributed by atoms with Crippen LogP contribution in [0.15, 0.2) is 24.5 Å². The van der Waals surface area contributed by atoms with Gasteiger partial charge in [-0.2, -0.15) is 5.26 Å². The molecule has 20 heavy (non-hydrogen) atoms. The fourth-order valence-electron chi connectivity index (χ4n) is 2.44. The van der Waals surface area contributed by atoms with Crippen molar-refractivity contribution in [1.82, 2.24) is 19.9 Å². The lowest BCUT2D eigenvalue weighted by atomic mass is 10.2. The fourth-order valence-corrected chi connectivity index (χ4v) is 2.44. The Morgan fingerprint density at radius 3 is 2.65 bits per heavy atom. The second-order valence-electron chi connectivity index (χ2n) is 4.90. The first kappa shape index (κ1) is 12.8. The molecule has 1 unspecified atom stereocenters. The van der Waals surface area contributed by atoms with E-state index in [1.54, 1.807) is 12.4 Å². The monoisotopic (exact) mass is 268 g/mol. The molecule has 3 rings (SSSR count). The summed E-state index contributed by atoms with van der Waals surface area (Å²) in [5.74, 6) is 0.933. The fraction of sp³-hybridized carbons (Fsp3) is 0.429. The third-order valence-corrected chi connectivity index (χ3v) is 3.69. The zero-order valence-corrected chi connectivity index (χ0v) is 11.4. The summed E-state index contributed by atoms with van der Waals surface area (Å²) >= 11 is 0. The number of rotatable bonds is 2. The first-order valence-corrected chi connectivity index (χ1v) is 6.74. The molecule has 6 heteroatoms. The lowest BCUT2D eigenvalue weighted by Crippen LogP contribution is -2.49. The number of fused-ring (bicyclic) bond motifs is 1. The minimum absolute atomic E-state index is 0.0208. The zero-order valence-electron chi connectivity index (χ0n) is 11.4. The maximum Gasteiger partial charge on any atom is 0.180 e. The van der Waals surface area contributed by atoms with E-state index >= 15 is 0 Å². The maximum absolute atomic E-state index is 8.96. The highest BCUT2D eigenvalue weighted by atomic mass is 15.3. The van der Waals surface area contributed by atoms with E-state index < -0.39 is 0 Å². The molecule has 0 N–H and O–H groups in total. The van der Waals surface area contributed by atoms with E-state index in [-0.39, 0.29) is 6.04 Å². The Bertz CT molecular complexity index is 641. The van der Waals surface area contributed by atoms with Gasteiger partial charge in [-0.25, -0.2) is 9.97 Å². The third-order valence-electron chi connectivity index (χ3n) is 3.69. The van der Waals surface area contributed by atoms with Gasteiger partial charge in [-0.3, -0.25) is 9.88 Å². The van der Waals surface area contributed by atoms with Crippen LogP contribution in [0.3, 0.4) is 0 Å². The molecule has 1 saturated heterocycles. The molecule has 3 heterocycles. The topological polar surface area (TPSA) is 68.9 Å². The summed E-state index contributed by atoms with van der Waals surface area (Å²) in [6, 6.07) is 6.21. The van der Waals surface area contributed by atoms with Gasteiger partial charge in [0, 0.05) is 38.6 Å². The number of hydrogen-bond acceptors (Lipinski definition) is 6. The van der Waals surface area contributed by atoms with Crippen LogP contribution in [0.25, 0.3) is 11.2 Å². The molecule has 0 spiro atoms. The molecule has 1 fully saturated rings. The summed E-state index contributed by atoms with van der Waals surface area (Å²) in [7, 11) is 0. The van der Waals surface area contributed by atoms with Crippen LogP contribution in [0.1, 0.15) is 6.92 Å². The number of nitriles is 1. The van der Waals surface area contributed by atoms with Gasteiger partial charge in [0.05, 0.1) is 12.1 Å². The molecule has 0 bridgehead atoms. The molecule has 102 valence electrons. The number of aromatic nitrogens is 3. The van der Waals surface area contributed by atoms with Crippen LogP contribution in [-0.2, 0) is 0 Å². The number of piperazine rings is 1. The van der Waals surface area contributed by atoms with Crippen molar-refractivity contribution < 1.29 is 0 Å². The van der Waals surface area contributed by atoms with Crippen LogP contribution in [0.2, 0.25) is 0 Å². The summed E-state index contributed by atoms with van der Waals surface area (Å²) in [5.41, 5.74) is 1.49. The average Bonchev–Trinajstić information content (AvgIpc) is 2.54. The van der Waals surface area contributed by atoms with Crippen molar-refractivity contribution in [2.24, 2.45) is 0 Å². The van der Waals surface area contributed by atoms with Gasteiger partial charge in [0.2, 0.25) is 0 Å². The van der Waals surface area contributed by atoms with E-state index in [9.17, 15) is 0 Å². The van der Waals surface area contributed by atoms with E-state index in [1.807, 2.05) is 19.1 Å². The highest BCUT2D eigenvalue weighted by Crippen LogP contribution is 2.17. The summed E-state index contributed by atoms with van der Waals surface area (Å²) in [4.78, 5) is 17.4. The highest BCUT2D eigenvalue weighted by molar-refractivity contribution is 5.71. The van der Waals surface area contributed by atoms with Gasteiger partial charge in [-0.15, -0.1) is 0 Å². The van der Waals surface area contributed by atoms with Crippen LogP contribution in [0.4, 0.5) is 5.82 Å². The molecule has 0 aromatic carbocycles. The van der Waals surface area contributed by atoms with Crippen LogP contribution in [0.5, 0.6) is 0 Å². The Labute approximate surface area is 117 Å². The second kappa shape index (κ2) is 5.39. The van der Waals surface area contributed by atoms with Crippen LogP contribution < -0.4 is 4.90 Å². The number of anilines is 1. The van der Waals surface area contributed by atoms with E-state index in [0.29, 0.717) is 5.65 Å². The average molecular weight is 268 g/mol. The Morgan fingerprint density at radius 1 is 1.15 bits per heavy atom. The van der Waals surface area contributed by atoms with E-state index in [2.05, 4.69) is 30.8 Å². The normalized spacial score (nSPS) is 17.9. The largest absolute Gasteiger partial charge is 0.354 e. The van der Waals surface area contributed by atoms with Crippen LogP contribution in [0, 0.1) is 11.3 Å². The summed E-state index contributed by atoms with van der Waals surface area (Å²) in [5, 5.41) is 8.96. The van der Waals surface area contributed by atoms with Gasteiger partial charge in [0.1, 0.15) is 11.3 Å². The molecule has 0 saturated carbocycles. The van der Waals surface area contributed by atoms with E-state index in [0.717, 1.165) is 37.5 Å². The minimum Gasteiger partial charge on any atom is -0.354 e. The Balaban J connectivity index is 1.75. The molecule has 2 aromatic heterocycles. The van der Waals surface area contributed by atoms with Crippen molar-refractivity contribution in [3.8, 4) is 6.07 Å². The molecule has 0 radical (unpaired) electrons. The quantitative estimate of drug-likeness (QED) is 0.811. The molecule has 2 aromatic rings. The lowest BCUT2D eigenvalue weighted by molar-refractivity contribution is 0.231. The molecular formula is C14H16N6. The minimum atomic E-state index is -0.0208. The predicted molar refractivity (Wildman–Crippen MR) is 76.2 cm³/mol. The van der Waals surface area contributed by atoms with Crippen LogP contribution in [-0.4, -0.2) is 52.1 Å². The van der Waals surface area contributed by atoms with Crippen molar-refractivity contribution in [1.29, 1.82) is 5.26 Å². The second-order valence-corrected chi connectivity index (χ2v) is 4.90. The third kappa shape index (κ3) is 2.40. The smallest absolute Gasteiger partial charge is 0.180 e. The first-order valence-electron chi connectivity index (χ1n) is 6.74. The number of hydrogen-bond donors (Lipinski definition) is 0. The maximum atomic E-state index is 8.96. The first-order chi connectivity index (χ1) is 9.78. The van der Waals surface area contributed by atoms with Crippen molar-refractivity contribution in [2.75, 3.05) is 31.1 Å². The molecular weight excluding hydrogens is 252 g/mol. The Kier molecular flexibility index (Phi) is 3.44. The van der Waals surface area contributed by atoms with E-state index in [1.165, 1.54) is 0 Å². The molecule has 1 atom stereocenters. The predicted octanol–water partition coefficient (Wildman–Crippen LogP) is 1.06. The summed E-state index contributed by atoms with van der Waals surface area (Å²) in [6.07, 6.45) is 3.33. The summed E-state index contributed by atoms with van der Waals surface area (Å²) < 4.78 is 0. The van der Waals surface area contributed by atoms with Gasteiger partial charge in [0.15, 0.2) is 5.65 Å². The molecule has 1 aliphatic rings. The van der Waals surface area contributed by atoms with Crippen molar-refractivity contribution in [2.45, 2.75) is 13.0 Å². The lowest BCUT2D eigenvalue weighted by Gasteiger charge is -2.36. The molecule has 6 nitrogen and oxygen atoms in total.